The first-order chi connectivity index (χ1) is 17.2. The van der Waals surface area contributed by atoms with Crippen molar-refractivity contribution in [3.8, 4) is 0 Å². The zero-order valence-electron chi connectivity index (χ0n) is 22.8. The fourth-order valence-electron chi connectivity index (χ4n) is 3.57. The minimum atomic E-state index is -0.567. The number of rotatable bonds is 25. The predicted molar refractivity (Wildman–Crippen MR) is 150 cm³/mol. The summed E-state index contributed by atoms with van der Waals surface area (Å²) < 4.78 is 10.9. The fraction of sp³-hybridized carbons (Fsp3) is 0.710. The van der Waals surface area contributed by atoms with Crippen LogP contribution in [0, 0.1) is 0 Å². The van der Waals surface area contributed by atoms with E-state index < -0.39 is 6.10 Å². The summed E-state index contributed by atoms with van der Waals surface area (Å²) in [4.78, 5) is 12.0. The van der Waals surface area contributed by atoms with Crippen LogP contribution in [0.25, 0.3) is 0 Å². The molecule has 0 rings (SSSR count). The van der Waals surface area contributed by atoms with Gasteiger partial charge in [-0.3, -0.25) is 4.79 Å². The molecular formula is C31H54O4. The van der Waals surface area contributed by atoms with Gasteiger partial charge in [0, 0.05) is 13.0 Å². The van der Waals surface area contributed by atoms with Crippen LogP contribution in [0.1, 0.15) is 117 Å². The molecule has 0 spiro atoms. The van der Waals surface area contributed by atoms with Gasteiger partial charge in [0.25, 0.3) is 0 Å². The molecule has 4 heteroatoms. The van der Waals surface area contributed by atoms with Gasteiger partial charge >= 0.3 is 5.97 Å². The lowest BCUT2D eigenvalue weighted by Gasteiger charge is -2.15. The van der Waals surface area contributed by atoms with E-state index in [1.807, 2.05) is 6.08 Å². The third kappa shape index (κ3) is 26.8. The average Bonchev–Trinajstić information content (AvgIpc) is 2.86. The van der Waals surface area contributed by atoms with E-state index in [0.717, 1.165) is 32.1 Å². The highest BCUT2D eigenvalue weighted by Gasteiger charge is 2.13. The number of carbonyl (C=O) groups excluding carboxylic acids is 1. The van der Waals surface area contributed by atoms with Crippen LogP contribution in [0.15, 0.2) is 48.6 Å². The number of aliphatic hydroxyl groups is 1. The van der Waals surface area contributed by atoms with Gasteiger partial charge in [-0.1, -0.05) is 120 Å². The maximum absolute atomic E-state index is 12.0. The van der Waals surface area contributed by atoms with Gasteiger partial charge in [0.05, 0.1) is 13.2 Å². The summed E-state index contributed by atoms with van der Waals surface area (Å²) in [6, 6.07) is 0. The highest BCUT2D eigenvalue weighted by Crippen LogP contribution is 2.10. The first-order valence-electron chi connectivity index (χ1n) is 14.2. The van der Waals surface area contributed by atoms with Crippen molar-refractivity contribution in [1.29, 1.82) is 0 Å². The van der Waals surface area contributed by atoms with Crippen LogP contribution in [-0.2, 0) is 14.3 Å². The molecule has 35 heavy (non-hydrogen) atoms. The van der Waals surface area contributed by atoms with Crippen LogP contribution in [0.3, 0.4) is 0 Å². The average molecular weight is 491 g/mol. The SMILES string of the molecule is CC/C=C\C/C=C\C/C=C\C/C=C\CCC(=O)OC(CO)COCCCCCCCCCCCC. The molecule has 0 radical (unpaired) electrons. The van der Waals surface area contributed by atoms with Gasteiger partial charge in [-0.05, 0) is 38.5 Å². The van der Waals surface area contributed by atoms with Gasteiger partial charge < -0.3 is 14.6 Å². The molecule has 0 aromatic heterocycles. The van der Waals surface area contributed by atoms with Crippen molar-refractivity contribution in [3.05, 3.63) is 48.6 Å². The van der Waals surface area contributed by atoms with E-state index in [4.69, 9.17) is 9.47 Å². The van der Waals surface area contributed by atoms with Gasteiger partial charge in [0.2, 0.25) is 0 Å². The van der Waals surface area contributed by atoms with Crippen LogP contribution in [0.4, 0.5) is 0 Å². The van der Waals surface area contributed by atoms with E-state index in [2.05, 4.69) is 56.4 Å². The van der Waals surface area contributed by atoms with E-state index in [-0.39, 0.29) is 19.2 Å². The number of unbranched alkanes of at least 4 members (excludes halogenated alkanes) is 9. The molecule has 0 saturated carbocycles. The Hall–Kier alpha value is -1.65. The number of allylic oxidation sites excluding steroid dienone is 8. The topological polar surface area (TPSA) is 55.8 Å². The molecule has 1 atom stereocenters. The molecular weight excluding hydrogens is 436 g/mol. The second kappa shape index (κ2) is 28.6. The minimum Gasteiger partial charge on any atom is -0.457 e. The number of hydrogen-bond acceptors (Lipinski definition) is 4. The third-order valence-electron chi connectivity index (χ3n) is 5.68. The Kier molecular flexibility index (Phi) is 27.2. The number of carbonyl (C=O) groups is 1. The smallest absolute Gasteiger partial charge is 0.306 e. The summed E-state index contributed by atoms with van der Waals surface area (Å²) in [5.41, 5.74) is 0. The van der Waals surface area contributed by atoms with Gasteiger partial charge in [0.1, 0.15) is 6.10 Å². The van der Waals surface area contributed by atoms with Gasteiger partial charge in [-0.2, -0.15) is 0 Å². The van der Waals surface area contributed by atoms with Gasteiger partial charge in [-0.25, -0.2) is 0 Å². The number of aliphatic hydroxyl groups excluding tert-OH is 1. The molecule has 0 bridgehead atoms. The first-order valence-corrected chi connectivity index (χ1v) is 14.2. The summed E-state index contributed by atoms with van der Waals surface area (Å²) in [6.45, 7) is 5.12. The monoisotopic (exact) mass is 490 g/mol. The summed E-state index contributed by atoms with van der Waals surface area (Å²) in [7, 11) is 0. The molecule has 202 valence electrons. The Balaban J connectivity index is 3.63. The van der Waals surface area contributed by atoms with Crippen molar-refractivity contribution >= 4 is 5.97 Å². The first kappa shape index (κ1) is 33.4. The lowest BCUT2D eigenvalue weighted by atomic mass is 10.1. The molecule has 0 aliphatic carbocycles. The van der Waals surface area contributed by atoms with E-state index in [1.165, 1.54) is 57.8 Å². The molecule has 4 nitrogen and oxygen atoms in total. The fourth-order valence-corrected chi connectivity index (χ4v) is 3.57. The van der Waals surface area contributed by atoms with E-state index in [0.29, 0.717) is 19.4 Å². The Labute approximate surface area is 216 Å². The molecule has 0 heterocycles. The maximum atomic E-state index is 12.0. The quantitative estimate of drug-likeness (QED) is 0.0792. The molecule has 0 aromatic rings. The van der Waals surface area contributed by atoms with Crippen LogP contribution < -0.4 is 0 Å². The molecule has 1 N–H and O–H groups in total. The highest BCUT2D eigenvalue weighted by atomic mass is 16.6. The Bertz CT molecular complexity index is 562. The van der Waals surface area contributed by atoms with Crippen LogP contribution in [0.2, 0.25) is 0 Å². The highest BCUT2D eigenvalue weighted by molar-refractivity contribution is 5.69. The second-order valence-corrected chi connectivity index (χ2v) is 9.09. The lowest BCUT2D eigenvalue weighted by molar-refractivity contribution is -0.154. The van der Waals surface area contributed by atoms with Crippen molar-refractivity contribution in [2.45, 2.75) is 123 Å². The minimum absolute atomic E-state index is 0.201. The molecule has 0 amide bonds. The van der Waals surface area contributed by atoms with Crippen molar-refractivity contribution in [1.82, 2.24) is 0 Å². The van der Waals surface area contributed by atoms with E-state index >= 15 is 0 Å². The molecule has 0 aliphatic heterocycles. The van der Waals surface area contributed by atoms with Crippen LogP contribution >= 0.6 is 0 Å². The summed E-state index contributed by atoms with van der Waals surface area (Å²) in [5, 5.41) is 9.45. The largest absolute Gasteiger partial charge is 0.457 e. The zero-order chi connectivity index (χ0) is 25.7. The number of hydrogen-bond donors (Lipinski definition) is 1. The maximum Gasteiger partial charge on any atom is 0.306 e. The van der Waals surface area contributed by atoms with Crippen molar-refractivity contribution in [2.75, 3.05) is 19.8 Å². The van der Waals surface area contributed by atoms with Crippen molar-refractivity contribution in [3.63, 3.8) is 0 Å². The molecule has 0 fully saturated rings. The third-order valence-corrected chi connectivity index (χ3v) is 5.68. The van der Waals surface area contributed by atoms with Crippen LogP contribution in [-0.4, -0.2) is 37.0 Å². The Morgan fingerprint density at radius 3 is 1.77 bits per heavy atom. The number of esters is 1. The number of ether oxygens (including phenoxy) is 2. The van der Waals surface area contributed by atoms with E-state index in [9.17, 15) is 9.90 Å². The molecule has 0 aromatic carbocycles. The van der Waals surface area contributed by atoms with E-state index in [1.54, 1.807) is 0 Å². The summed E-state index contributed by atoms with van der Waals surface area (Å²) >= 11 is 0. The Morgan fingerprint density at radius 2 is 1.23 bits per heavy atom. The predicted octanol–water partition coefficient (Wildman–Crippen LogP) is 8.41. The Morgan fingerprint density at radius 1 is 0.714 bits per heavy atom. The molecule has 0 saturated heterocycles. The van der Waals surface area contributed by atoms with Crippen molar-refractivity contribution in [2.24, 2.45) is 0 Å². The van der Waals surface area contributed by atoms with Crippen LogP contribution in [0.5, 0.6) is 0 Å². The lowest BCUT2D eigenvalue weighted by Crippen LogP contribution is -2.27. The molecule has 1 unspecified atom stereocenters. The molecule has 0 aliphatic rings. The zero-order valence-corrected chi connectivity index (χ0v) is 22.8. The standard InChI is InChI=1S/C31H54O4/c1-3-5-7-9-11-13-15-16-17-18-20-22-24-26-31(33)35-30(28-32)29-34-27-25-23-21-19-14-12-10-8-6-4-2/h5,7,11,13,16-17,20,22,30,32H,3-4,6,8-10,12,14-15,18-19,21,23-29H2,1-2H3/b7-5-,13-11-,17-16-,22-20-. The summed E-state index contributed by atoms with van der Waals surface area (Å²) in [6.07, 6.45) is 34.3. The van der Waals surface area contributed by atoms with Gasteiger partial charge in [-0.15, -0.1) is 0 Å². The normalized spacial score (nSPS) is 13.1. The second-order valence-electron chi connectivity index (χ2n) is 9.09. The van der Waals surface area contributed by atoms with Crippen molar-refractivity contribution < 1.29 is 19.4 Å². The van der Waals surface area contributed by atoms with Gasteiger partial charge in [0.15, 0.2) is 0 Å². The summed E-state index contributed by atoms with van der Waals surface area (Å²) in [5.74, 6) is -0.283.